The van der Waals surface area contributed by atoms with Crippen molar-refractivity contribution >= 4 is 11.6 Å². The first-order chi connectivity index (χ1) is 10.2. The highest BCUT2D eigenvalue weighted by atomic mass is 15.3. The first-order valence-electron chi connectivity index (χ1n) is 8.31. The van der Waals surface area contributed by atoms with Crippen molar-refractivity contribution in [3.05, 3.63) is 11.9 Å². The molecular weight excluding hydrogens is 262 g/mol. The van der Waals surface area contributed by atoms with Gasteiger partial charge in [-0.05, 0) is 32.1 Å². The quantitative estimate of drug-likeness (QED) is 0.869. The lowest BCUT2D eigenvalue weighted by Crippen LogP contribution is -2.47. The van der Waals surface area contributed by atoms with Gasteiger partial charge in [-0.1, -0.05) is 6.92 Å². The molecule has 116 valence electrons. The fourth-order valence-electron chi connectivity index (χ4n) is 2.88. The minimum Gasteiger partial charge on any atom is -0.370 e. The number of rotatable bonds is 6. The highest BCUT2D eigenvalue weighted by Crippen LogP contribution is 2.30. The predicted octanol–water partition coefficient (Wildman–Crippen LogP) is 2.14. The van der Waals surface area contributed by atoms with Crippen LogP contribution in [-0.2, 0) is 0 Å². The summed E-state index contributed by atoms with van der Waals surface area (Å²) in [5.74, 6) is 3.88. The standard InChI is InChI=1S/C16H27N5/c1-3-6-17-15-11-16(19-13(2)18-15)21-9-7-20(8-10-21)12-14-4-5-14/h11,14H,3-10,12H2,1-2H3,(H,17,18,19). The molecule has 0 amide bonds. The molecule has 1 saturated heterocycles. The number of nitrogens with one attached hydrogen (secondary N) is 1. The third-order valence-corrected chi connectivity index (χ3v) is 4.29. The zero-order chi connectivity index (χ0) is 14.7. The van der Waals surface area contributed by atoms with E-state index in [0.29, 0.717) is 0 Å². The van der Waals surface area contributed by atoms with Crippen LogP contribution < -0.4 is 10.2 Å². The Morgan fingerprint density at radius 1 is 1.19 bits per heavy atom. The van der Waals surface area contributed by atoms with Crippen LogP contribution in [0, 0.1) is 12.8 Å². The molecule has 1 aliphatic heterocycles. The number of nitrogens with zero attached hydrogens (tertiary/aromatic N) is 4. The largest absolute Gasteiger partial charge is 0.370 e. The van der Waals surface area contributed by atoms with E-state index in [1.54, 1.807) is 0 Å². The molecule has 1 N–H and O–H groups in total. The van der Waals surface area contributed by atoms with Crippen molar-refractivity contribution in [2.75, 3.05) is 49.5 Å². The summed E-state index contributed by atoms with van der Waals surface area (Å²) in [4.78, 5) is 14.1. The number of piperazine rings is 1. The molecule has 5 nitrogen and oxygen atoms in total. The molecule has 2 heterocycles. The first kappa shape index (κ1) is 14.6. The van der Waals surface area contributed by atoms with Crippen LogP contribution in [0.2, 0.25) is 0 Å². The number of aromatic nitrogens is 2. The summed E-state index contributed by atoms with van der Waals surface area (Å²) >= 11 is 0. The predicted molar refractivity (Wildman–Crippen MR) is 86.9 cm³/mol. The van der Waals surface area contributed by atoms with Gasteiger partial charge in [-0.2, -0.15) is 0 Å². The molecule has 1 aliphatic carbocycles. The average molecular weight is 289 g/mol. The lowest BCUT2D eigenvalue weighted by atomic mass is 10.2. The summed E-state index contributed by atoms with van der Waals surface area (Å²) in [7, 11) is 0. The van der Waals surface area contributed by atoms with Crippen LogP contribution in [0.3, 0.4) is 0 Å². The average Bonchev–Trinajstić information content (AvgIpc) is 3.29. The van der Waals surface area contributed by atoms with E-state index in [0.717, 1.165) is 62.5 Å². The fourth-order valence-corrected chi connectivity index (χ4v) is 2.88. The molecule has 2 aliphatic rings. The monoisotopic (exact) mass is 289 g/mol. The minimum absolute atomic E-state index is 0.853. The van der Waals surface area contributed by atoms with Gasteiger partial charge in [0.15, 0.2) is 0 Å². The maximum absolute atomic E-state index is 4.62. The van der Waals surface area contributed by atoms with Crippen molar-refractivity contribution < 1.29 is 0 Å². The smallest absolute Gasteiger partial charge is 0.134 e. The molecule has 1 aromatic heterocycles. The van der Waals surface area contributed by atoms with E-state index >= 15 is 0 Å². The van der Waals surface area contributed by atoms with Crippen LogP contribution in [0.1, 0.15) is 32.0 Å². The summed E-state index contributed by atoms with van der Waals surface area (Å²) in [6, 6.07) is 2.10. The lowest BCUT2D eigenvalue weighted by molar-refractivity contribution is 0.247. The Morgan fingerprint density at radius 3 is 2.62 bits per heavy atom. The van der Waals surface area contributed by atoms with Crippen LogP contribution in [0.5, 0.6) is 0 Å². The van der Waals surface area contributed by atoms with Crippen molar-refractivity contribution in [2.45, 2.75) is 33.1 Å². The molecule has 5 heteroatoms. The van der Waals surface area contributed by atoms with E-state index in [4.69, 9.17) is 0 Å². The summed E-state index contributed by atoms with van der Waals surface area (Å²) in [6.45, 7) is 10.9. The maximum Gasteiger partial charge on any atom is 0.134 e. The molecular formula is C16H27N5. The lowest BCUT2D eigenvalue weighted by Gasteiger charge is -2.35. The Kier molecular flexibility index (Phi) is 4.58. The van der Waals surface area contributed by atoms with Crippen molar-refractivity contribution in [1.82, 2.24) is 14.9 Å². The van der Waals surface area contributed by atoms with Gasteiger partial charge >= 0.3 is 0 Å². The molecule has 21 heavy (non-hydrogen) atoms. The van der Waals surface area contributed by atoms with E-state index in [1.165, 1.54) is 19.4 Å². The second-order valence-electron chi connectivity index (χ2n) is 6.32. The van der Waals surface area contributed by atoms with E-state index < -0.39 is 0 Å². The van der Waals surface area contributed by atoms with Crippen LogP contribution in [0.25, 0.3) is 0 Å². The topological polar surface area (TPSA) is 44.3 Å². The highest BCUT2D eigenvalue weighted by Gasteiger charge is 2.26. The summed E-state index contributed by atoms with van der Waals surface area (Å²) < 4.78 is 0. The second kappa shape index (κ2) is 6.60. The van der Waals surface area contributed by atoms with Gasteiger partial charge in [0, 0.05) is 45.3 Å². The maximum atomic E-state index is 4.62. The number of anilines is 2. The van der Waals surface area contributed by atoms with Gasteiger partial charge in [0.2, 0.25) is 0 Å². The zero-order valence-electron chi connectivity index (χ0n) is 13.3. The molecule has 0 atom stereocenters. The van der Waals surface area contributed by atoms with Gasteiger partial charge in [0.1, 0.15) is 17.5 Å². The van der Waals surface area contributed by atoms with Crippen LogP contribution in [-0.4, -0.2) is 54.1 Å². The van der Waals surface area contributed by atoms with Gasteiger partial charge in [-0.3, -0.25) is 4.90 Å². The molecule has 2 fully saturated rings. The summed E-state index contributed by atoms with van der Waals surface area (Å²) in [5, 5.41) is 3.37. The Hall–Kier alpha value is -1.36. The first-order valence-corrected chi connectivity index (χ1v) is 8.31. The summed E-state index contributed by atoms with van der Waals surface area (Å²) in [6.07, 6.45) is 3.99. The normalized spacial score (nSPS) is 19.8. The van der Waals surface area contributed by atoms with Crippen LogP contribution in [0.4, 0.5) is 11.6 Å². The molecule has 0 unspecified atom stereocenters. The number of aryl methyl sites for hydroxylation is 1. The van der Waals surface area contributed by atoms with Gasteiger partial charge in [0.25, 0.3) is 0 Å². The van der Waals surface area contributed by atoms with Crippen molar-refractivity contribution in [3.63, 3.8) is 0 Å². The van der Waals surface area contributed by atoms with Crippen LogP contribution >= 0.6 is 0 Å². The number of hydrogen-bond acceptors (Lipinski definition) is 5. The summed E-state index contributed by atoms with van der Waals surface area (Å²) in [5.41, 5.74) is 0. The van der Waals surface area contributed by atoms with E-state index in [-0.39, 0.29) is 0 Å². The Balaban J connectivity index is 1.59. The van der Waals surface area contributed by atoms with Gasteiger partial charge in [-0.15, -0.1) is 0 Å². The Bertz CT molecular complexity index is 464. The molecule has 0 radical (unpaired) electrons. The van der Waals surface area contributed by atoms with Gasteiger partial charge < -0.3 is 10.2 Å². The molecule has 1 aromatic rings. The van der Waals surface area contributed by atoms with Crippen molar-refractivity contribution in [3.8, 4) is 0 Å². The second-order valence-corrected chi connectivity index (χ2v) is 6.32. The molecule has 0 aromatic carbocycles. The minimum atomic E-state index is 0.853. The van der Waals surface area contributed by atoms with Gasteiger partial charge in [0.05, 0.1) is 0 Å². The molecule has 0 spiro atoms. The molecule has 0 bridgehead atoms. The van der Waals surface area contributed by atoms with E-state index in [2.05, 4.69) is 38.1 Å². The third kappa shape index (κ3) is 4.06. The zero-order valence-corrected chi connectivity index (χ0v) is 13.3. The van der Waals surface area contributed by atoms with E-state index in [1.807, 2.05) is 6.92 Å². The fraction of sp³-hybridized carbons (Fsp3) is 0.750. The Labute approximate surface area is 127 Å². The SMILES string of the molecule is CCCNc1cc(N2CCN(CC3CC3)CC2)nc(C)n1. The van der Waals surface area contributed by atoms with Crippen molar-refractivity contribution in [1.29, 1.82) is 0 Å². The highest BCUT2D eigenvalue weighted by molar-refractivity contribution is 5.49. The van der Waals surface area contributed by atoms with Gasteiger partial charge in [-0.25, -0.2) is 9.97 Å². The molecule has 1 saturated carbocycles. The number of hydrogen-bond donors (Lipinski definition) is 1. The Morgan fingerprint density at radius 2 is 1.95 bits per heavy atom. The van der Waals surface area contributed by atoms with Crippen LogP contribution in [0.15, 0.2) is 6.07 Å². The van der Waals surface area contributed by atoms with E-state index in [9.17, 15) is 0 Å². The molecule has 3 rings (SSSR count). The third-order valence-electron chi connectivity index (χ3n) is 4.29. The van der Waals surface area contributed by atoms with Crippen molar-refractivity contribution in [2.24, 2.45) is 5.92 Å².